The number of carbonyl (C=O) groups is 2. The van der Waals surface area contributed by atoms with Crippen molar-refractivity contribution in [1.82, 2.24) is 15.2 Å². The van der Waals surface area contributed by atoms with E-state index in [1.165, 1.54) is 0 Å². The molecule has 1 unspecified atom stereocenters. The first-order valence-corrected chi connectivity index (χ1v) is 11.4. The van der Waals surface area contributed by atoms with Crippen LogP contribution in [0.4, 0.5) is 5.82 Å². The number of nitrogens with zero attached hydrogens (tertiary/aromatic N) is 3. The lowest BCUT2D eigenvalue weighted by Crippen LogP contribution is -2.46. The number of likely N-dealkylation sites (tertiary alicyclic amines) is 1. The number of para-hydroxylation sites is 1. The SMILES string of the molecule is CCCCNC(=O)C1CCCN(C(=O)c2cc3ccccc3nc2N2CCCC2)C1. The fraction of sp³-hybridized carbons (Fsp3) is 0.542. The number of fused-ring (bicyclic) bond motifs is 1. The zero-order chi connectivity index (χ0) is 20.9. The number of anilines is 1. The summed E-state index contributed by atoms with van der Waals surface area (Å²) in [5.74, 6) is 0.757. The molecule has 1 N–H and O–H groups in total. The van der Waals surface area contributed by atoms with Crippen LogP contribution in [0, 0.1) is 5.92 Å². The van der Waals surface area contributed by atoms with Crippen molar-refractivity contribution in [2.24, 2.45) is 5.92 Å². The summed E-state index contributed by atoms with van der Waals surface area (Å²) in [6.45, 7) is 5.89. The van der Waals surface area contributed by atoms with Crippen LogP contribution in [0.15, 0.2) is 30.3 Å². The monoisotopic (exact) mass is 408 g/mol. The Morgan fingerprint density at radius 1 is 1.13 bits per heavy atom. The van der Waals surface area contributed by atoms with Gasteiger partial charge in [0.15, 0.2) is 0 Å². The number of nitrogens with one attached hydrogen (secondary N) is 1. The van der Waals surface area contributed by atoms with Crippen molar-refractivity contribution in [1.29, 1.82) is 0 Å². The van der Waals surface area contributed by atoms with Crippen molar-refractivity contribution in [3.8, 4) is 0 Å². The zero-order valence-corrected chi connectivity index (χ0v) is 17.9. The Labute approximate surface area is 178 Å². The van der Waals surface area contributed by atoms with Crippen molar-refractivity contribution < 1.29 is 9.59 Å². The van der Waals surface area contributed by atoms with Crippen molar-refractivity contribution in [2.45, 2.75) is 45.4 Å². The van der Waals surface area contributed by atoms with Crippen LogP contribution in [-0.2, 0) is 4.79 Å². The molecule has 2 saturated heterocycles. The van der Waals surface area contributed by atoms with E-state index in [1.54, 1.807) is 0 Å². The van der Waals surface area contributed by atoms with Gasteiger partial charge in [-0.25, -0.2) is 4.98 Å². The molecule has 0 radical (unpaired) electrons. The number of carbonyl (C=O) groups excluding carboxylic acids is 2. The molecule has 30 heavy (non-hydrogen) atoms. The summed E-state index contributed by atoms with van der Waals surface area (Å²) in [6, 6.07) is 9.96. The first kappa shape index (κ1) is 20.6. The molecular weight excluding hydrogens is 376 g/mol. The van der Waals surface area contributed by atoms with Crippen molar-refractivity contribution in [3.05, 3.63) is 35.9 Å². The Morgan fingerprint density at radius 3 is 2.73 bits per heavy atom. The Morgan fingerprint density at radius 2 is 1.93 bits per heavy atom. The van der Waals surface area contributed by atoms with Gasteiger partial charge in [-0.3, -0.25) is 9.59 Å². The lowest BCUT2D eigenvalue weighted by Gasteiger charge is -2.33. The Kier molecular flexibility index (Phi) is 6.50. The highest BCUT2D eigenvalue weighted by Gasteiger charge is 2.31. The first-order chi connectivity index (χ1) is 14.7. The maximum absolute atomic E-state index is 13.6. The smallest absolute Gasteiger partial charge is 0.257 e. The Hall–Kier alpha value is -2.63. The number of benzene rings is 1. The predicted molar refractivity (Wildman–Crippen MR) is 120 cm³/mol. The quantitative estimate of drug-likeness (QED) is 0.742. The molecule has 4 rings (SSSR count). The number of rotatable bonds is 6. The molecule has 2 amide bonds. The summed E-state index contributed by atoms with van der Waals surface area (Å²) < 4.78 is 0. The van der Waals surface area contributed by atoms with Gasteiger partial charge in [0.2, 0.25) is 5.91 Å². The molecule has 2 aromatic rings. The maximum Gasteiger partial charge on any atom is 0.257 e. The molecule has 0 spiro atoms. The molecular formula is C24H32N4O2. The van der Waals surface area contributed by atoms with Crippen LogP contribution in [0.2, 0.25) is 0 Å². The van der Waals surface area contributed by atoms with Crippen molar-refractivity contribution >= 4 is 28.5 Å². The van der Waals surface area contributed by atoms with Crippen LogP contribution in [0.3, 0.4) is 0 Å². The predicted octanol–water partition coefficient (Wildman–Crippen LogP) is 3.60. The third-order valence-electron chi connectivity index (χ3n) is 6.25. The van der Waals surface area contributed by atoms with Gasteiger partial charge in [-0.15, -0.1) is 0 Å². The summed E-state index contributed by atoms with van der Waals surface area (Å²) in [5, 5.41) is 4.02. The number of pyridine rings is 1. The van der Waals surface area contributed by atoms with Crippen molar-refractivity contribution in [2.75, 3.05) is 37.6 Å². The number of hydrogen-bond acceptors (Lipinski definition) is 4. The van der Waals surface area contributed by atoms with E-state index in [9.17, 15) is 9.59 Å². The molecule has 1 atom stereocenters. The third kappa shape index (κ3) is 4.42. The molecule has 0 bridgehead atoms. The van der Waals surface area contributed by atoms with E-state index in [0.717, 1.165) is 68.3 Å². The summed E-state index contributed by atoms with van der Waals surface area (Å²) in [5.41, 5.74) is 1.59. The Balaban J connectivity index is 1.57. The minimum absolute atomic E-state index is 0.00112. The summed E-state index contributed by atoms with van der Waals surface area (Å²) in [4.78, 5) is 35.1. The fourth-order valence-electron chi connectivity index (χ4n) is 4.51. The normalized spacial score (nSPS) is 19.3. The first-order valence-electron chi connectivity index (χ1n) is 11.4. The lowest BCUT2D eigenvalue weighted by molar-refractivity contribution is -0.126. The van der Waals surface area contributed by atoms with Gasteiger partial charge in [-0.2, -0.15) is 0 Å². The molecule has 6 heteroatoms. The molecule has 0 saturated carbocycles. The van der Waals surface area contributed by atoms with E-state index in [1.807, 2.05) is 35.2 Å². The largest absolute Gasteiger partial charge is 0.356 e. The number of amides is 2. The molecule has 0 aliphatic carbocycles. The highest BCUT2D eigenvalue weighted by Crippen LogP contribution is 2.29. The van der Waals surface area contributed by atoms with Gasteiger partial charge >= 0.3 is 0 Å². The standard InChI is InChI=1S/C24H32N4O2/c1-2-3-12-25-23(29)19-10-8-15-28(17-19)24(30)20-16-18-9-4-5-11-21(18)26-22(20)27-13-6-7-14-27/h4-5,9,11,16,19H,2-3,6-8,10,12-15,17H2,1H3,(H,25,29). The Bertz CT molecular complexity index is 907. The number of hydrogen-bond donors (Lipinski definition) is 1. The van der Waals surface area contributed by atoms with Gasteiger partial charge in [-0.05, 0) is 44.2 Å². The molecule has 1 aromatic heterocycles. The van der Waals surface area contributed by atoms with E-state index in [4.69, 9.17) is 4.98 Å². The maximum atomic E-state index is 13.6. The van der Waals surface area contributed by atoms with Crippen LogP contribution in [0.1, 0.15) is 55.8 Å². The number of piperidine rings is 1. The average Bonchev–Trinajstić information content (AvgIpc) is 3.33. The highest BCUT2D eigenvalue weighted by molar-refractivity contribution is 6.02. The fourth-order valence-corrected chi connectivity index (χ4v) is 4.51. The molecule has 2 aliphatic heterocycles. The minimum atomic E-state index is -0.122. The van der Waals surface area contributed by atoms with E-state index < -0.39 is 0 Å². The molecule has 3 heterocycles. The van der Waals surface area contributed by atoms with E-state index in [0.29, 0.717) is 25.2 Å². The van der Waals surface area contributed by atoms with Crippen LogP contribution in [0.25, 0.3) is 10.9 Å². The topological polar surface area (TPSA) is 65.5 Å². The van der Waals surface area contributed by atoms with E-state index >= 15 is 0 Å². The average molecular weight is 409 g/mol. The van der Waals surface area contributed by atoms with Crippen molar-refractivity contribution in [3.63, 3.8) is 0 Å². The van der Waals surface area contributed by atoms with Crippen LogP contribution < -0.4 is 10.2 Å². The van der Waals surface area contributed by atoms with E-state index in [-0.39, 0.29) is 17.7 Å². The second kappa shape index (κ2) is 9.45. The third-order valence-corrected chi connectivity index (χ3v) is 6.25. The van der Waals surface area contributed by atoms with Gasteiger partial charge in [0, 0.05) is 38.1 Å². The second-order valence-electron chi connectivity index (χ2n) is 8.48. The van der Waals surface area contributed by atoms with Gasteiger partial charge < -0.3 is 15.1 Å². The van der Waals surface area contributed by atoms with Gasteiger partial charge in [0.05, 0.1) is 17.0 Å². The van der Waals surface area contributed by atoms with Crippen LogP contribution in [0.5, 0.6) is 0 Å². The molecule has 6 nitrogen and oxygen atoms in total. The lowest BCUT2D eigenvalue weighted by atomic mass is 9.96. The summed E-state index contributed by atoms with van der Waals surface area (Å²) >= 11 is 0. The molecule has 1 aromatic carbocycles. The minimum Gasteiger partial charge on any atom is -0.356 e. The molecule has 2 fully saturated rings. The van der Waals surface area contributed by atoms with Crippen LogP contribution >= 0.6 is 0 Å². The van der Waals surface area contributed by atoms with Gasteiger partial charge in [-0.1, -0.05) is 31.5 Å². The van der Waals surface area contributed by atoms with Gasteiger partial charge in [0.1, 0.15) is 5.82 Å². The van der Waals surface area contributed by atoms with E-state index in [2.05, 4.69) is 17.1 Å². The summed E-state index contributed by atoms with van der Waals surface area (Å²) in [7, 11) is 0. The second-order valence-corrected chi connectivity index (χ2v) is 8.48. The summed E-state index contributed by atoms with van der Waals surface area (Å²) in [6.07, 6.45) is 6.01. The van der Waals surface area contributed by atoms with Crippen LogP contribution in [-0.4, -0.2) is 54.4 Å². The van der Waals surface area contributed by atoms with Gasteiger partial charge in [0.25, 0.3) is 5.91 Å². The number of aromatic nitrogens is 1. The zero-order valence-electron chi connectivity index (χ0n) is 17.9. The molecule has 160 valence electrons. The molecule has 2 aliphatic rings. The number of unbranched alkanes of at least 4 members (excludes halogenated alkanes) is 1. The highest BCUT2D eigenvalue weighted by atomic mass is 16.2.